The number of aliphatic hydroxyl groups is 1. The van der Waals surface area contributed by atoms with Gasteiger partial charge in [-0.3, -0.25) is 4.79 Å². The Morgan fingerprint density at radius 1 is 1.57 bits per heavy atom. The minimum Gasteiger partial charge on any atom is -0.468 e. The molecule has 0 aliphatic carbocycles. The van der Waals surface area contributed by atoms with Gasteiger partial charge in [0.25, 0.3) is 0 Å². The number of thiophene rings is 1. The van der Waals surface area contributed by atoms with Crippen LogP contribution in [0.1, 0.15) is 23.8 Å². The maximum Gasteiger partial charge on any atom is 0.325 e. The highest BCUT2D eigenvalue weighted by Gasteiger charge is 2.28. The van der Waals surface area contributed by atoms with Crippen molar-refractivity contribution in [2.45, 2.75) is 25.1 Å². The first-order valence-corrected chi connectivity index (χ1v) is 8.57. The van der Waals surface area contributed by atoms with Crippen LogP contribution < -0.4 is 4.72 Å². The predicted octanol–water partition coefficient (Wildman–Crippen LogP) is 0.463. The van der Waals surface area contributed by atoms with Crippen molar-refractivity contribution in [2.24, 2.45) is 0 Å². The number of hydrogen-bond donors (Lipinski definition) is 2. The van der Waals surface area contributed by atoms with Crippen LogP contribution in [0.15, 0.2) is 11.4 Å². The third-order valence-corrected chi connectivity index (χ3v) is 5.23. The van der Waals surface area contributed by atoms with Gasteiger partial charge in [-0.05, 0) is 18.4 Å². The van der Waals surface area contributed by atoms with E-state index >= 15 is 0 Å². The summed E-state index contributed by atoms with van der Waals surface area (Å²) in [5.74, 6) is 4.84. The van der Waals surface area contributed by atoms with Gasteiger partial charge in [0, 0.05) is 23.4 Å². The molecule has 0 aliphatic rings. The molecule has 6 nitrogen and oxygen atoms in total. The molecular formula is C13H17NO5S2. The Morgan fingerprint density at radius 3 is 2.90 bits per heavy atom. The zero-order valence-corrected chi connectivity index (χ0v) is 13.4. The summed E-state index contributed by atoms with van der Waals surface area (Å²) in [6.45, 7) is 1.31. The number of methoxy groups -OCH3 is 1. The van der Waals surface area contributed by atoms with Crippen molar-refractivity contribution in [1.29, 1.82) is 0 Å². The SMILES string of the molecule is COC(=O)C(C)S(=O)(=O)NCc1sccc1C#CCCO. The molecule has 1 rings (SSSR count). The number of rotatable bonds is 6. The monoisotopic (exact) mass is 331 g/mol. The third-order valence-electron chi connectivity index (χ3n) is 2.64. The van der Waals surface area contributed by atoms with Gasteiger partial charge in [-0.15, -0.1) is 11.3 Å². The van der Waals surface area contributed by atoms with Crippen molar-refractivity contribution in [3.05, 3.63) is 21.9 Å². The summed E-state index contributed by atoms with van der Waals surface area (Å²) in [4.78, 5) is 12.0. The average Bonchev–Trinajstić information content (AvgIpc) is 2.91. The van der Waals surface area contributed by atoms with Gasteiger partial charge in [0.05, 0.1) is 13.7 Å². The van der Waals surface area contributed by atoms with Crippen molar-refractivity contribution in [2.75, 3.05) is 13.7 Å². The summed E-state index contributed by atoms with van der Waals surface area (Å²) < 4.78 is 30.6. The highest BCUT2D eigenvalue weighted by molar-refractivity contribution is 7.90. The average molecular weight is 331 g/mol. The Hall–Kier alpha value is -1.40. The highest BCUT2D eigenvalue weighted by Crippen LogP contribution is 2.16. The molecule has 1 unspecified atom stereocenters. The van der Waals surface area contributed by atoms with Crippen molar-refractivity contribution in [3.8, 4) is 11.8 Å². The number of hydrogen-bond acceptors (Lipinski definition) is 6. The lowest BCUT2D eigenvalue weighted by Crippen LogP contribution is -2.37. The van der Waals surface area contributed by atoms with E-state index in [0.29, 0.717) is 12.0 Å². The summed E-state index contributed by atoms with van der Waals surface area (Å²) in [5, 5.41) is 9.21. The third kappa shape index (κ3) is 5.13. The number of ether oxygens (including phenoxy) is 1. The first-order chi connectivity index (χ1) is 9.92. The normalized spacial score (nSPS) is 12.3. The summed E-state index contributed by atoms with van der Waals surface area (Å²) in [6, 6.07) is 1.78. The van der Waals surface area contributed by atoms with E-state index in [1.54, 1.807) is 11.4 Å². The largest absolute Gasteiger partial charge is 0.468 e. The van der Waals surface area contributed by atoms with Gasteiger partial charge in [-0.1, -0.05) is 11.8 Å². The van der Waals surface area contributed by atoms with Gasteiger partial charge in [-0.2, -0.15) is 0 Å². The number of carbonyl (C=O) groups is 1. The molecule has 0 bridgehead atoms. The molecule has 116 valence electrons. The summed E-state index contributed by atoms with van der Waals surface area (Å²) in [6.07, 6.45) is 0.361. The molecule has 0 aliphatic heterocycles. The lowest BCUT2D eigenvalue weighted by molar-refractivity contribution is -0.139. The second kappa shape index (κ2) is 8.14. The fourth-order valence-corrected chi connectivity index (χ4v) is 3.19. The zero-order valence-electron chi connectivity index (χ0n) is 11.8. The maximum atomic E-state index is 11.9. The quantitative estimate of drug-likeness (QED) is 0.584. The van der Waals surface area contributed by atoms with Crippen molar-refractivity contribution in [3.63, 3.8) is 0 Å². The Balaban J connectivity index is 2.74. The number of aliphatic hydroxyl groups excluding tert-OH is 1. The van der Waals surface area contributed by atoms with Crippen LogP contribution in [0.5, 0.6) is 0 Å². The van der Waals surface area contributed by atoms with Crippen molar-refractivity contribution < 1.29 is 23.1 Å². The van der Waals surface area contributed by atoms with Gasteiger partial charge in [0.1, 0.15) is 0 Å². The molecule has 2 N–H and O–H groups in total. The Kier molecular flexibility index (Phi) is 6.84. The molecule has 1 heterocycles. The number of esters is 1. The molecule has 8 heteroatoms. The Labute approximate surface area is 128 Å². The van der Waals surface area contributed by atoms with Gasteiger partial charge in [0.2, 0.25) is 10.0 Å². The first kappa shape index (κ1) is 17.7. The topological polar surface area (TPSA) is 92.7 Å². The highest BCUT2D eigenvalue weighted by atomic mass is 32.2. The Bertz CT molecular complexity index is 639. The molecule has 0 saturated carbocycles. The molecule has 21 heavy (non-hydrogen) atoms. The van der Waals surface area contributed by atoms with Gasteiger partial charge in [0.15, 0.2) is 5.25 Å². The van der Waals surface area contributed by atoms with E-state index in [1.807, 2.05) is 0 Å². The molecule has 0 saturated heterocycles. The molecule has 0 fully saturated rings. The van der Waals surface area contributed by atoms with Crippen LogP contribution >= 0.6 is 11.3 Å². The van der Waals surface area contributed by atoms with E-state index < -0.39 is 21.2 Å². The van der Waals surface area contributed by atoms with E-state index in [-0.39, 0.29) is 13.2 Å². The number of sulfonamides is 1. The van der Waals surface area contributed by atoms with Crippen LogP contribution in [0.3, 0.4) is 0 Å². The molecule has 0 spiro atoms. The molecule has 0 radical (unpaired) electrons. The van der Waals surface area contributed by atoms with E-state index in [2.05, 4.69) is 21.3 Å². The van der Waals surface area contributed by atoms with Gasteiger partial charge >= 0.3 is 5.97 Å². The van der Waals surface area contributed by atoms with Gasteiger partial charge < -0.3 is 9.84 Å². The number of carbonyl (C=O) groups excluding carboxylic acids is 1. The summed E-state index contributed by atoms with van der Waals surface area (Å²) in [5.41, 5.74) is 0.710. The molecule has 0 amide bonds. The van der Waals surface area contributed by atoms with Crippen LogP contribution in [-0.2, 0) is 26.1 Å². The molecule has 0 aromatic carbocycles. The Morgan fingerprint density at radius 2 is 2.29 bits per heavy atom. The van der Waals surface area contributed by atoms with E-state index in [9.17, 15) is 13.2 Å². The second-order valence-electron chi connectivity index (χ2n) is 4.06. The predicted molar refractivity (Wildman–Crippen MR) is 80.1 cm³/mol. The van der Waals surface area contributed by atoms with Crippen molar-refractivity contribution in [1.82, 2.24) is 4.72 Å². The molecule has 1 atom stereocenters. The van der Waals surface area contributed by atoms with Crippen molar-refractivity contribution >= 4 is 27.3 Å². The molecule has 1 aromatic heterocycles. The fraction of sp³-hybridized carbons (Fsp3) is 0.462. The smallest absolute Gasteiger partial charge is 0.325 e. The molecule has 1 aromatic rings. The standard InChI is InChI=1S/C13H17NO5S2/c1-10(13(16)19-2)21(17,18)14-9-12-11(6-8-20-12)5-3-4-7-15/h6,8,10,14-15H,4,7,9H2,1-2H3. The van der Waals surface area contributed by atoms with Crippen LogP contribution in [0.2, 0.25) is 0 Å². The van der Waals surface area contributed by atoms with E-state index in [4.69, 9.17) is 5.11 Å². The molecular weight excluding hydrogens is 314 g/mol. The van der Waals surface area contributed by atoms with Crippen LogP contribution in [0.25, 0.3) is 0 Å². The fourth-order valence-electron chi connectivity index (χ4n) is 1.39. The second-order valence-corrected chi connectivity index (χ2v) is 7.15. The van der Waals surface area contributed by atoms with E-state index in [1.165, 1.54) is 18.3 Å². The maximum absolute atomic E-state index is 11.9. The van der Waals surface area contributed by atoms with Crippen LogP contribution in [0.4, 0.5) is 0 Å². The zero-order chi connectivity index (χ0) is 15.9. The number of nitrogens with one attached hydrogen (secondary N) is 1. The lowest BCUT2D eigenvalue weighted by Gasteiger charge is -2.11. The van der Waals surface area contributed by atoms with E-state index in [0.717, 1.165) is 12.0 Å². The van der Waals surface area contributed by atoms with Crippen LogP contribution in [-0.4, -0.2) is 38.5 Å². The van der Waals surface area contributed by atoms with Crippen LogP contribution in [0, 0.1) is 11.8 Å². The summed E-state index contributed by atoms with van der Waals surface area (Å²) >= 11 is 1.37. The first-order valence-electron chi connectivity index (χ1n) is 6.14. The minimum absolute atomic E-state index is 0.0181. The lowest BCUT2D eigenvalue weighted by atomic mass is 10.2. The van der Waals surface area contributed by atoms with Gasteiger partial charge in [-0.25, -0.2) is 13.1 Å². The summed E-state index contributed by atoms with van der Waals surface area (Å²) in [7, 11) is -2.65. The minimum atomic E-state index is -3.80.